The first kappa shape index (κ1) is 10.3. The zero-order valence-corrected chi connectivity index (χ0v) is 9.15. The van der Waals surface area contributed by atoms with E-state index < -0.39 is 0 Å². The first-order chi connectivity index (χ1) is 7.24. The fourth-order valence-electron chi connectivity index (χ4n) is 2.20. The van der Waals surface area contributed by atoms with Gasteiger partial charge in [0, 0.05) is 0 Å². The molecule has 0 saturated heterocycles. The Morgan fingerprint density at radius 3 is 2.60 bits per heavy atom. The van der Waals surface area contributed by atoms with Gasteiger partial charge in [-0.25, -0.2) is 0 Å². The van der Waals surface area contributed by atoms with Crippen LogP contribution in [0, 0.1) is 5.92 Å². The normalized spacial score (nSPS) is 26.2. The molecule has 0 radical (unpaired) electrons. The maximum absolute atomic E-state index is 9.15. The van der Waals surface area contributed by atoms with E-state index in [1.54, 1.807) is 12.1 Å². The summed E-state index contributed by atoms with van der Waals surface area (Å²) in [5.41, 5.74) is 0. The van der Waals surface area contributed by atoms with Crippen molar-refractivity contribution in [2.75, 3.05) is 0 Å². The molecular weight excluding hydrogens is 188 g/mol. The van der Waals surface area contributed by atoms with Gasteiger partial charge in [0.2, 0.25) is 0 Å². The Morgan fingerprint density at radius 1 is 1.20 bits per heavy atom. The van der Waals surface area contributed by atoms with Gasteiger partial charge < -0.3 is 9.84 Å². The number of phenols is 1. The number of hydrogen-bond donors (Lipinski definition) is 1. The molecule has 2 atom stereocenters. The average Bonchev–Trinajstić information content (AvgIpc) is 2.22. The van der Waals surface area contributed by atoms with E-state index in [2.05, 4.69) is 6.92 Å². The van der Waals surface area contributed by atoms with Gasteiger partial charge in [0.05, 0.1) is 6.10 Å². The zero-order chi connectivity index (χ0) is 10.7. The molecule has 0 amide bonds. The molecule has 1 aromatic rings. The highest BCUT2D eigenvalue weighted by atomic mass is 16.5. The van der Waals surface area contributed by atoms with Gasteiger partial charge in [0.25, 0.3) is 0 Å². The summed E-state index contributed by atoms with van der Waals surface area (Å²) in [6.07, 6.45) is 5.27. The van der Waals surface area contributed by atoms with Gasteiger partial charge in [-0.3, -0.25) is 0 Å². The van der Waals surface area contributed by atoms with E-state index in [4.69, 9.17) is 9.84 Å². The number of ether oxygens (including phenoxy) is 1. The van der Waals surface area contributed by atoms with E-state index in [9.17, 15) is 0 Å². The summed E-state index contributed by atoms with van der Waals surface area (Å²) in [6, 6.07) is 6.99. The van der Waals surface area contributed by atoms with Crippen LogP contribution in [0.1, 0.15) is 32.6 Å². The molecule has 0 bridgehead atoms. The van der Waals surface area contributed by atoms with Crippen LogP contribution in [0.15, 0.2) is 24.3 Å². The lowest BCUT2D eigenvalue weighted by Crippen LogP contribution is -2.23. The molecule has 1 aliphatic rings. The number of phenolic OH excluding ortho intramolecular Hbond substituents is 1. The first-order valence-corrected chi connectivity index (χ1v) is 5.70. The minimum atomic E-state index is 0.291. The lowest BCUT2D eigenvalue weighted by atomic mass is 9.89. The monoisotopic (exact) mass is 206 g/mol. The molecule has 2 nitrogen and oxygen atoms in total. The molecule has 15 heavy (non-hydrogen) atoms. The van der Waals surface area contributed by atoms with Gasteiger partial charge in [0.15, 0.2) is 0 Å². The topological polar surface area (TPSA) is 29.5 Å². The van der Waals surface area contributed by atoms with Crippen LogP contribution in [0.4, 0.5) is 0 Å². The summed E-state index contributed by atoms with van der Waals surface area (Å²) in [5, 5.41) is 9.15. The second kappa shape index (κ2) is 4.56. The van der Waals surface area contributed by atoms with Gasteiger partial charge in [-0.05, 0) is 49.4 Å². The third-order valence-corrected chi connectivity index (χ3v) is 3.03. The maximum Gasteiger partial charge on any atom is 0.119 e. The zero-order valence-electron chi connectivity index (χ0n) is 9.15. The molecule has 1 aliphatic carbocycles. The molecule has 1 N–H and O–H groups in total. The lowest BCUT2D eigenvalue weighted by Gasteiger charge is -2.27. The van der Waals surface area contributed by atoms with Gasteiger partial charge >= 0.3 is 0 Å². The van der Waals surface area contributed by atoms with Crippen molar-refractivity contribution < 1.29 is 9.84 Å². The molecule has 0 heterocycles. The van der Waals surface area contributed by atoms with E-state index in [1.807, 2.05) is 12.1 Å². The highest BCUT2D eigenvalue weighted by molar-refractivity contribution is 5.30. The standard InChI is InChI=1S/C13H18O2/c1-10-3-2-4-13(9-10)15-12-7-5-11(14)6-8-12/h5-8,10,13-14H,2-4,9H2,1H3. The summed E-state index contributed by atoms with van der Waals surface area (Å²) in [6.45, 7) is 2.28. The highest BCUT2D eigenvalue weighted by Crippen LogP contribution is 2.27. The van der Waals surface area contributed by atoms with E-state index in [-0.39, 0.29) is 0 Å². The number of rotatable bonds is 2. The average molecular weight is 206 g/mol. The Kier molecular flexibility index (Phi) is 3.14. The van der Waals surface area contributed by atoms with Gasteiger partial charge in [-0.2, -0.15) is 0 Å². The van der Waals surface area contributed by atoms with Crippen molar-refractivity contribution in [3.8, 4) is 11.5 Å². The van der Waals surface area contributed by atoms with Crippen molar-refractivity contribution in [1.82, 2.24) is 0 Å². The summed E-state index contributed by atoms with van der Waals surface area (Å²) in [5.74, 6) is 1.94. The van der Waals surface area contributed by atoms with Gasteiger partial charge in [-0.1, -0.05) is 13.3 Å². The largest absolute Gasteiger partial charge is 0.508 e. The molecule has 2 unspecified atom stereocenters. The van der Waals surface area contributed by atoms with Crippen LogP contribution in [0.2, 0.25) is 0 Å². The Balaban J connectivity index is 1.93. The lowest BCUT2D eigenvalue weighted by molar-refractivity contribution is 0.129. The van der Waals surface area contributed by atoms with E-state index >= 15 is 0 Å². The van der Waals surface area contributed by atoms with Crippen molar-refractivity contribution in [2.24, 2.45) is 5.92 Å². The minimum Gasteiger partial charge on any atom is -0.508 e. The number of benzene rings is 1. The van der Waals surface area contributed by atoms with Crippen molar-refractivity contribution in [3.05, 3.63) is 24.3 Å². The fraction of sp³-hybridized carbons (Fsp3) is 0.538. The van der Waals surface area contributed by atoms with Crippen LogP contribution >= 0.6 is 0 Å². The third-order valence-electron chi connectivity index (χ3n) is 3.03. The molecule has 1 saturated carbocycles. The van der Waals surface area contributed by atoms with Crippen molar-refractivity contribution in [3.63, 3.8) is 0 Å². The van der Waals surface area contributed by atoms with Crippen LogP contribution in [0.5, 0.6) is 11.5 Å². The van der Waals surface area contributed by atoms with Crippen LogP contribution < -0.4 is 4.74 Å². The van der Waals surface area contributed by atoms with E-state index in [0.717, 1.165) is 24.5 Å². The molecule has 82 valence electrons. The SMILES string of the molecule is CC1CCCC(Oc2ccc(O)cc2)C1. The Hall–Kier alpha value is -1.18. The summed E-state index contributed by atoms with van der Waals surface area (Å²) < 4.78 is 5.87. The van der Waals surface area contributed by atoms with Crippen LogP contribution in [0.25, 0.3) is 0 Å². The number of hydrogen-bond acceptors (Lipinski definition) is 2. The van der Waals surface area contributed by atoms with Crippen molar-refractivity contribution in [2.45, 2.75) is 38.7 Å². The van der Waals surface area contributed by atoms with E-state index in [1.165, 1.54) is 12.8 Å². The molecule has 0 spiro atoms. The Bertz CT molecular complexity index is 305. The van der Waals surface area contributed by atoms with Crippen molar-refractivity contribution >= 4 is 0 Å². The van der Waals surface area contributed by atoms with Crippen molar-refractivity contribution in [1.29, 1.82) is 0 Å². The fourth-order valence-corrected chi connectivity index (χ4v) is 2.20. The second-order valence-electron chi connectivity index (χ2n) is 4.51. The predicted molar refractivity (Wildman–Crippen MR) is 60.2 cm³/mol. The number of aromatic hydroxyl groups is 1. The highest BCUT2D eigenvalue weighted by Gasteiger charge is 2.19. The molecule has 2 rings (SSSR count). The van der Waals surface area contributed by atoms with Crippen LogP contribution in [-0.2, 0) is 0 Å². The maximum atomic E-state index is 9.15. The van der Waals surface area contributed by atoms with E-state index in [0.29, 0.717) is 11.9 Å². The smallest absolute Gasteiger partial charge is 0.119 e. The Labute approximate surface area is 90.9 Å². The summed E-state index contributed by atoms with van der Waals surface area (Å²) in [4.78, 5) is 0. The molecular formula is C13H18O2. The third kappa shape index (κ3) is 2.88. The Morgan fingerprint density at radius 2 is 1.93 bits per heavy atom. The first-order valence-electron chi connectivity index (χ1n) is 5.70. The summed E-state index contributed by atoms with van der Waals surface area (Å²) in [7, 11) is 0. The predicted octanol–water partition coefficient (Wildman–Crippen LogP) is 3.35. The van der Waals surface area contributed by atoms with Gasteiger partial charge in [-0.15, -0.1) is 0 Å². The summed E-state index contributed by atoms with van der Waals surface area (Å²) >= 11 is 0. The van der Waals surface area contributed by atoms with Crippen LogP contribution in [0.3, 0.4) is 0 Å². The molecule has 1 aromatic carbocycles. The minimum absolute atomic E-state index is 0.291. The molecule has 0 aliphatic heterocycles. The van der Waals surface area contributed by atoms with Gasteiger partial charge in [0.1, 0.15) is 11.5 Å². The molecule has 2 heteroatoms. The molecule has 1 fully saturated rings. The second-order valence-corrected chi connectivity index (χ2v) is 4.51. The van der Waals surface area contributed by atoms with Crippen LogP contribution in [-0.4, -0.2) is 11.2 Å². The molecule has 0 aromatic heterocycles. The quantitative estimate of drug-likeness (QED) is 0.804.